The molecule has 6 heteroatoms. The molecule has 0 aromatic carbocycles. The fraction of sp³-hybridized carbons (Fsp3) is 1.00. The Kier molecular flexibility index (Phi) is 7.07. The van der Waals surface area contributed by atoms with Crippen LogP contribution in [0.5, 0.6) is 0 Å². The van der Waals surface area contributed by atoms with Gasteiger partial charge in [-0.25, -0.2) is 0 Å². The second kappa shape index (κ2) is 9.92. The average Bonchev–Trinajstić information content (AvgIpc) is 3.19. The van der Waals surface area contributed by atoms with Crippen molar-refractivity contribution in [1.29, 1.82) is 0 Å². The predicted octanol–water partition coefficient (Wildman–Crippen LogP) is 2.24. The van der Waals surface area contributed by atoms with E-state index in [-0.39, 0.29) is 0 Å². The van der Waals surface area contributed by atoms with Gasteiger partial charge in [0.05, 0.1) is 18.8 Å². The standard InChI is InChI=1S/C23H41N3O3/c1-3-16(15-27-8-1)17-11-18-13-20(12-17)29-10-7-24-6-2-9-28-19-4-5-22-21(14-19)23(18)26-25-22/h16-26H,1-15H2. The Morgan fingerprint density at radius 2 is 1.59 bits per heavy atom. The van der Waals surface area contributed by atoms with E-state index in [2.05, 4.69) is 16.2 Å². The maximum Gasteiger partial charge on any atom is 0.0594 e. The molecule has 29 heavy (non-hydrogen) atoms. The van der Waals surface area contributed by atoms with Gasteiger partial charge in [0.15, 0.2) is 0 Å². The highest BCUT2D eigenvalue weighted by Crippen LogP contribution is 2.44. The van der Waals surface area contributed by atoms with Gasteiger partial charge in [-0.1, -0.05) is 0 Å². The lowest BCUT2D eigenvalue weighted by molar-refractivity contribution is -0.0481. The highest BCUT2D eigenvalue weighted by atomic mass is 16.5. The third-order valence-electron chi connectivity index (χ3n) is 8.34. The maximum absolute atomic E-state index is 6.44. The molecule has 0 radical (unpaired) electrons. The van der Waals surface area contributed by atoms with E-state index in [0.29, 0.717) is 36.1 Å². The van der Waals surface area contributed by atoms with Crippen LogP contribution in [-0.4, -0.2) is 63.8 Å². The summed E-state index contributed by atoms with van der Waals surface area (Å²) in [6, 6.07) is 1.18. The second-order valence-electron chi connectivity index (χ2n) is 10.2. The molecule has 3 saturated heterocycles. The van der Waals surface area contributed by atoms with Crippen LogP contribution in [0.4, 0.5) is 0 Å². The molecule has 2 aliphatic carbocycles. The van der Waals surface area contributed by atoms with E-state index in [4.69, 9.17) is 14.2 Å². The molecular weight excluding hydrogens is 366 g/mol. The monoisotopic (exact) mass is 407 g/mol. The van der Waals surface area contributed by atoms with Gasteiger partial charge in [0, 0.05) is 38.4 Å². The van der Waals surface area contributed by atoms with Gasteiger partial charge in [0.1, 0.15) is 0 Å². The number of ether oxygens (including phenoxy) is 3. The van der Waals surface area contributed by atoms with E-state index in [1.54, 1.807) is 0 Å². The lowest BCUT2D eigenvalue weighted by atomic mass is 9.66. The molecule has 8 unspecified atom stereocenters. The first-order valence-corrected chi connectivity index (χ1v) is 12.4. The highest BCUT2D eigenvalue weighted by Gasteiger charge is 2.47. The average molecular weight is 408 g/mol. The van der Waals surface area contributed by atoms with E-state index >= 15 is 0 Å². The number of hydrogen-bond donors (Lipinski definition) is 3. The molecule has 4 bridgehead atoms. The molecule has 0 amide bonds. The Balaban J connectivity index is 1.32. The predicted molar refractivity (Wildman–Crippen MR) is 113 cm³/mol. The van der Waals surface area contributed by atoms with Crippen molar-refractivity contribution in [3.05, 3.63) is 0 Å². The van der Waals surface area contributed by atoms with Crippen LogP contribution < -0.4 is 16.2 Å². The Morgan fingerprint density at radius 1 is 0.655 bits per heavy atom. The summed E-state index contributed by atoms with van der Waals surface area (Å²) in [5.74, 6) is 2.87. The van der Waals surface area contributed by atoms with Crippen LogP contribution in [0.1, 0.15) is 57.8 Å². The molecule has 0 spiro atoms. The van der Waals surface area contributed by atoms with Gasteiger partial charge in [-0.3, -0.25) is 10.9 Å². The van der Waals surface area contributed by atoms with Gasteiger partial charge in [0.25, 0.3) is 0 Å². The van der Waals surface area contributed by atoms with Crippen molar-refractivity contribution in [1.82, 2.24) is 16.2 Å². The van der Waals surface area contributed by atoms with Gasteiger partial charge < -0.3 is 19.5 Å². The van der Waals surface area contributed by atoms with Crippen molar-refractivity contribution in [2.45, 2.75) is 82.1 Å². The molecule has 8 atom stereocenters. The van der Waals surface area contributed by atoms with Crippen molar-refractivity contribution in [2.24, 2.45) is 23.7 Å². The van der Waals surface area contributed by atoms with Crippen molar-refractivity contribution >= 4 is 0 Å². The summed E-state index contributed by atoms with van der Waals surface area (Å²) in [5.41, 5.74) is 7.42. The topological polar surface area (TPSA) is 63.8 Å². The van der Waals surface area contributed by atoms with Gasteiger partial charge in [0.2, 0.25) is 0 Å². The van der Waals surface area contributed by atoms with Crippen molar-refractivity contribution in [2.75, 3.05) is 39.5 Å². The first kappa shape index (κ1) is 20.7. The Labute approximate surface area is 176 Å². The number of fused-ring (bicyclic) bond motifs is 4. The molecule has 3 heterocycles. The molecule has 3 N–H and O–H groups in total. The summed E-state index contributed by atoms with van der Waals surface area (Å²) in [7, 11) is 0. The smallest absolute Gasteiger partial charge is 0.0594 e. The number of hydrazine groups is 1. The summed E-state index contributed by atoms with van der Waals surface area (Å²) in [6.07, 6.45) is 11.9. The molecule has 5 rings (SSSR count). The summed E-state index contributed by atoms with van der Waals surface area (Å²) in [6.45, 7) is 5.62. The maximum atomic E-state index is 6.44. The largest absolute Gasteiger partial charge is 0.381 e. The molecule has 0 aromatic rings. The Morgan fingerprint density at radius 3 is 2.52 bits per heavy atom. The van der Waals surface area contributed by atoms with E-state index in [0.717, 1.165) is 57.8 Å². The van der Waals surface area contributed by atoms with Crippen LogP contribution >= 0.6 is 0 Å². The third kappa shape index (κ3) is 4.99. The minimum Gasteiger partial charge on any atom is -0.381 e. The van der Waals surface area contributed by atoms with E-state index in [1.165, 1.54) is 51.4 Å². The Bertz CT molecular complexity index is 516. The minimum atomic E-state index is 0.407. The SMILES string of the molecule is C1CNCCOC2CC(C3CCCOC3)CC(C2)C2NNC3CCC(CC32)OC1. The fourth-order valence-corrected chi connectivity index (χ4v) is 6.84. The summed E-state index contributed by atoms with van der Waals surface area (Å²) in [4.78, 5) is 0. The van der Waals surface area contributed by atoms with Crippen molar-refractivity contribution in [3.8, 4) is 0 Å². The first-order chi connectivity index (χ1) is 14.4. The molecule has 6 nitrogen and oxygen atoms in total. The van der Waals surface area contributed by atoms with Crippen molar-refractivity contribution in [3.63, 3.8) is 0 Å². The zero-order valence-corrected chi connectivity index (χ0v) is 18.0. The summed E-state index contributed by atoms with van der Waals surface area (Å²) in [5, 5.41) is 3.54. The van der Waals surface area contributed by atoms with E-state index in [9.17, 15) is 0 Å². The lowest BCUT2D eigenvalue weighted by Crippen LogP contribution is -2.46. The van der Waals surface area contributed by atoms with Gasteiger partial charge in [-0.05, 0) is 88.0 Å². The summed E-state index contributed by atoms with van der Waals surface area (Å²) < 4.78 is 18.6. The highest BCUT2D eigenvalue weighted by molar-refractivity contribution is 5.01. The van der Waals surface area contributed by atoms with Crippen LogP contribution in [0.3, 0.4) is 0 Å². The molecular formula is C23H41N3O3. The fourth-order valence-electron chi connectivity index (χ4n) is 6.84. The molecule has 0 aromatic heterocycles. The number of hydrogen-bond acceptors (Lipinski definition) is 6. The molecule has 166 valence electrons. The van der Waals surface area contributed by atoms with E-state index in [1.807, 2.05) is 0 Å². The minimum absolute atomic E-state index is 0.407. The number of rotatable bonds is 1. The number of nitrogens with one attached hydrogen (secondary N) is 3. The Hall–Kier alpha value is -0.240. The van der Waals surface area contributed by atoms with Crippen LogP contribution in [0.15, 0.2) is 0 Å². The molecule has 5 fully saturated rings. The second-order valence-corrected chi connectivity index (χ2v) is 10.2. The van der Waals surface area contributed by atoms with Crippen LogP contribution in [-0.2, 0) is 14.2 Å². The van der Waals surface area contributed by atoms with Gasteiger partial charge in [-0.15, -0.1) is 0 Å². The molecule has 3 aliphatic heterocycles. The summed E-state index contributed by atoms with van der Waals surface area (Å²) >= 11 is 0. The normalized spacial score (nSPS) is 47.2. The molecule has 5 aliphatic rings. The van der Waals surface area contributed by atoms with Crippen LogP contribution in [0, 0.1) is 23.7 Å². The van der Waals surface area contributed by atoms with Crippen molar-refractivity contribution < 1.29 is 14.2 Å². The van der Waals surface area contributed by atoms with Crippen LogP contribution in [0.2, 0.25) is 0 Å². The lowest BCUT2D eigenvalue weighted by Gasteiger charge is -2.43. The van der Waals surface area contributed by atoms with Crippen LogP contribution in [0.25, 0.3) is 0 Å². The zero-order valence-electron chi connectivity index (χ0n) is 18.0. The molecule has 2 saturated carbocycles. The van der Waals surface area contributed by atoms with Gasteiger partial charge in [-0.2, -0.15) is 0 Å². The van der Waals surface area contributed by atoms with Gasteiger partial charge >= 0.3 is 0 Å². The quantitative estimate of drug-likeness (QED) is 0.620. The first-order valence-electron chi connectivity index (χ1n) is 12.4. The third-order valence-corrected chi connectivity index (χ3v) is 8.34. The van der Waals surface area contributed by atoms with E-state index < -0.39 is 0 Å². The zero-order chi connectivity index (χ0) is 19.5.